The molecule has 0 unspecified atom stereocenters. The summed E-state index contributed by atoms with van der Waals surface area (Å²) >= 11 is 0. The first-order valence-electron chi connectivity index (χ1n) is 12.4. The number of unbranched alkanes of at least 4 members (excludes halogenated alkanes) is 4. The summed E-state index contributed by atoms with van der Waals surface area (Å²) in [5.41, 5.74) is 6.66. The van der Waals surface area contributed by atoms with E-state index in [9.17, 15) is 23.6 Å². The van der Waals surface area contributed by atoms with Crippen molar-refractivity contribution in [2.45, 2.75) is 77.4 Å². The fourth-order valence-corrected chi connectivity index (χ4v) is 3.65. The second-order valence-electron chi connectivity index (χ2n) is 8.91. The number of nitrogens with two attached hydrogens (primary N) is 1. The Balaban J connectivity index is 1.84. The van der Waals surface area contributed by atoms with Crippen LogP contribution in [0.4, 0.5) is 4.39 Å². The van der Waals surface area contributed by atoms with Crippen molar-refractivity contribution >= 4 is 29.8 Å². The van der Waals surface area contributed by atoms with Crippen LogP contribution in [0, 0.1) is 0 Å². The van der Waals surface area contributed by atoms with E-state index in [4.69, 9.17) is 10.5 Å². The molecular weight excluding hydrogens is 479 g/mol. The quantitative estimate of drug-likeness (QED) is 0.228. The van der Waals surface area contributed by atoms with Gasteiger partial charge in [-0.05, 0) is 17.5 Å². The smallest absolute Gasteiger partial charge is 0.312 e. The number of nitrogens with zero attached hydrogens (tertiary/aromatic N) is 1. The molecule has 2 amide bonds. The summed E-state index contributed by atoms with van der Waals surface area (Å²) in [6.45, 7) is 5.64. The van der Waals surface area contributed by atoms with Crippen LogP contribution in [0.25, 0.3) is 0 Å². The third kappa shape index (κ3) is 11.2. The van der Waals surface area contributed by atoms with Crippen molar-refractivity contribution < 1.29 is 28.3 Å². The number of primary amides is 1. The number of Topliss-reactive ketones (excluding diaryl/α,β-unsaturated/α-hetero) is 1. The number of benzene rings is 1. The van der Waals surface area contributed by atoms with Gasteiger partial charge in [0, 0.05) is 12.8 Å². The van der Waals surface area contributed by atoms with Gasteiger partial charge in [0.2, 0.25) is 11.8 Å². The van der Waals surface area contributed by atoms with E-state index < -0.39 is 23.7 Å². The zero-order chi connectivity index (χ0) is 27.2. The molecule has 0 radical (unpaired) electrons. The number of carbonyl (C=O) groups excluding carboxylic acids is 4. The highest BCUT2D eigenvalue weighted by atomic mass is 19.1. The fraction of sp³-hybridized carbons (Fsp3) is 0.444. The maximum absolute atomic E-state index is 13.7. The standard InChI is InChI=1S/C27H35FN4O5/c1-3-4-5-6-7-8-26(35)32-23(14-25(29)34)24(33)13-19-9-11-20(12-10-19)17-37-27(36)15-22-21(28)16-30-18(2)31-22/h9-12,16,23,31H,2-8,13-15,17H2,1H3,(H2,29,34)(H,32,35)/t23-/m1/s1. The highest BCUT2D eigenvalue weighted by Gasteiger charge is 2.23. The van der Waals surface area contributed by atoms with E-state index in [1.807, 2.05) is 0 Å². The number of ketones is 1. The first kappa shape index (κ1) is 29.4. The Hall–Kier alpha value is -3.82. The van der Waals surface area contributed by atoms with Gasteiger partial charge in [-0.3, -0.25) is 19.2 Å². The van der Waals surface area contributed by atoms with Gasteiger partial charge in [-0.1, -0.05) is 63.5 Å². The number of aliphatic imine (C=N–C) groups is 1. The largest absolute Gasteiger partial charge is 0.461 e. The van der Waals surface area contributed by atoms with Crippen molar-refractivity contribution in [1.82, 2.24) is 10.6 Å². The monoisotopic (exact) mass is 514 g/mol. The zero-order valence-electron chi connectivity index (χ0n) is 21.2. The van der Waals surface area contributed by atoms with Crippen LogP contribution >= 0.6 is 0 Å². The van der Waals surface area contributed by atoms with Gasteiger partial charge >= 0.3 is 5.97 Å². The number of allylic oxidation sites excluding steroid dienone is 1. The van der Waals surface area contributed by atoms with Crippen LogP contribution in [-0.2, 0) is 36.9 Å². The van der Waals surface area contributed by atoms with E-state index in [1.165, 1.54) is 0 Å². The number of hydrogen-bond donors (Lipinski definition) is 3. The molecule has 0 aromatic heterocycles. The number of amides is 2. The van der Waals surface area contributed by atoms with Crippen molar-refractivity contribution in [1.29, 1.82) is 0 Å². The lowest BCUT2D eigenvalue weighted by Crippen LogP contribution is -2.44. The lowest BCUT2D eigenvalue weighted by molar-refractivity contribution is -0.144. The number of halogens is 1. The van der Waals surface area contributed by atoms with Gasteiger partial charge in [0.1, 0.15) is 12.4 Å². The number of ether oxygens (including phenoxy) is 1. The number of nitrogens with one attached hydrogen (secondary N) is 2. The molecule has 0 spiro atoms. The molecule has 0 fully saturated rings. The Labute approximate surface area is 216 Å². The molecule has 10 heteroatoms. The van der Waals surface area contributed by atoms with Crippen LogP contribution in [0.3, 0.4) is 0 Å². The molecule has 0 saturated heterocycles. The lowest BCUT2D eigenvalue weighted by atomic mass is 10.00. The summed E-state index contributed by atoms with van der Waals surface area (Å²) in [5, 5.41) is 5.24. The Kier molecular flexibility index (Phi) is 12.2. The van der Waals surface area contributed by atoms with E-state index in [0.717, 1.165) is 38.3 Å². The second kappa shape index (κ2) is 15.3. The van der Waals surface area contributed by atoms with E-state index in [2.05, 4.69) is 29.1 Å². The molecule has 1 heterocycles. The summed E-state index contributed by atoms with van der Waals surface area (Å²) in [6.07, 6.45) is 5.66. The maximum atomic E-state index is 13.7. The van der Waals surface area contributed by atoms with Crippen molar-refractivity contribution in [3.05, 3.63) is 59.3 Å². The van der Waals surface area contributed by atoms with Gasteiger partial charge in [-0.15, -0.1) is 0 Å². The fourth-order valence-electron chi connectivity index (χ4n) is 3.65. The van der Waals surface area contributed by atoms with Crippen LogP contribution in [0.5, 0.6) is 0 Å². The molecule has 0 saturated carbocycles. The average Bonchev–Trinajstić information content (AvgIpc) is 2.85. The summed E-state index contributed by atoms with van der Waals surface area (Å²) in [4.78, 5) is 52.2. The summed E-state index contributed by atoms with van der Waals surface area (Å²) < 4.78 is 18.9. The van der Waals surface area contributed by atoms with Gasteiger partial charge in [-0.25, -0.2) is 9.38 Å². The zero-order valence-corrected chi connectivity index (χ0v) is 21.2. The number of hydrogen-bond acceptors (Lipinski definition) is 7. The molecule has 0 aliphatic carbocycles. The third-order valence-electron chi connectivity index (χ3n) is 5.68. The molecule has 37 heavy (non-hydrogen) atoms. The molecule has 1 aliphatic heterocycles. The molecule has 0 bridgehead atoms. The molecule has 200 valence electrons. The highest BCUT2D eigenvalue weighted by Crippen LogP contribution is 2.15. The van der Waals surface area contributed by atoms with Gasteiger partial charge in [0.15, 0.2) is 11.6 Å². The predicted molar refractivity (Wildman–Crippen MR) is 138 cm³/mol. The normalized spacial score (nSPS) is 13.6. The van der Waals surface area contributed by atoms with E-state index in [1.54, 1.807) is 24.3 Å². The number of carbonyl (C=O) groups is 4. The van der Waals surface area contributed by atoms with Crippen molar-refractivity contribution in [3.63, 3.8) is 0 Å². The minimum Gasteiger partial charge on any atom is -0.461 e. The first-order chi connectivity index (χ1) is 17.7. The van der Waals surface area contributed by atoms with Crippen LogP contribution in [-0.4, -0.2) is 35.8 Å². The lowest BCUT2D eigenvalue weighted by Gasteiger charge is -2.17. The molecule has 1 atom stereocenters. The van der Waals surface area contributed by atoms with Crippen LogP contribution in [0.1, 0.15) is 69.4 Å². The molecular formula is C27H35FN4O5. The van der Waals surface area contributed by atoms with Crippen molar-refractivity contribution in [2.24, 2.45) is 10.7 Å². The molecule has 2 rings (SSSR count). The molecule has 9 nitrogen and oxygen atoms in total. The number of rotatable bonds is 16. The maximum Gasteiger partial charge on any atom is 0.312 e. The second-order valence-corrected chi connectivity index (χ2v) is 8.91. The Morgan fingerprint density at radius 3 is 2.43 bits per heavy atom. The predicted octanol–water partition coefficient (Wildman–Crippen LogP) is 3.28. The Bertz CT molecular complexity index is 1050. The van der Waals surface area contributed by atoms with Gasteiger partial charge in [-0.2, -0.15) is 0 Å². The van der Waals surface area contributed by atoms with Crippen molar-refractivity contribution in [2.75, 3.05) is 0 Å². The molecule has 4 N–H and O–H groups in total. The summed E-state index contributed by atoms with van der Waals surface area (Å²) in [5.74, 6) is -2.32. The van der Waals surface area contributed by atoms with Crippen molar-refractivity contribution in [3.8, 4) is 0 Å². The number of esters is 1. The molecule has 1 aromatic rings. The first-order valence-corrected chi connectivity index (χ1v) is 12.4. The van der Waals surface area contributed by atoms with Gasteiger partial charge in [0.05, 0.1) is 30.8 Å². The van der Waals surface area contributed by atoms with E-state index in [0.29, 0.717) is 17.5 Å². The third-order valence-corrected chi connectivity index (χ3v) is 5.68. The Morgan fingerprint density at radius 2 is 1.76 bits per heavy atom. The van der Waals surface area contributed by atoms with Gasteiger partial charge in [0.25, 0.3) is 0 Å². The Morgan fingerprint density at radius 1 is 1.08 bits per heavy atom. The van der Waals surface area contributed by atoms with Crippen LogP contribution in [0.2, 0.25) is 0 Å². The molecule has 1 aliphatic rings. The van der Waals surface area contributed by atoms with E-state index in [-0.39, 0.29) is 49.1 Å². The average molecular weight is 515 g/mol. The van der Waals surface area contributed by atoms with Gasteiger partial charge < -0.3 is 21.1 Å². The summed E-state index contributed by atoms with van der Waals surface area (Å²) in [6, 6.07) is 5.81. The minimum atomic E-state index is -0.981. The SMILES string of the molecule is C=C1N=CC(F)=C(CC(=O)OCc2ccc(CC(=O)[C@@H](CC(N)=O)NC(=O)CCCCCCC)cc2)N1. The highest BCUT2D eigenvalue weighted by molar-refractivity contribution is 5.94. The van der Waals surface area contributed by atoms with E-state index >= 15 is 0 Å². The van der Waals surface area contributed by atoms with Crippen LogP contribution < -0.4 is 16.4 Å². The van der Waals surface area contributed by atoms with Crippen LogP contribution in [0.15, 0.2) is 53.2 Å². The summed E-state index contributed by atoms with van der Waals surface area (Å²) in [7, 11) is 0. The minimum absolute atomic E-state index is 0.000660. The topological polar surface area (TPSA) is 140 Å². The molecule has 1 aromatic carbocycles.